The van der Waals surface area contributed by atoms with E-state index in [-0.39, 0.29) is 5.38 Å². The van der Waals surface area contributed by atoms with E-state index in [0.717, 1.165) is 23.9 Å². The molecule has 0 saturated carbocycles. The van der Waals surface area contributed by atoms with E-state index in [1.807, 2.05) is 6.92 Å². The second kappa shape index (κ2) is 5.51. The Bertz CT molecular complexity index is 275. The minimum absolute atomic E-state index is 0.166. The average molecular weight is 234 g/mol. The summed E-state index contributed by atoms with van der Waals surface area (Å²) in [5.74, 6) is 1.45. The molecule has 0 aromatic carbocycles. The molecule has 1 aromatic heterocycles. The number of rotatable bonds is 5. The zero-order valence-corrected chi connectivity index (χ0v) is 10.3. The largest absolute Gasteiger partial charge is 0.359 e. The molecule has 0 aliphatic carbocycles. The van der Waals surface area contributed by atoms with Crippen LogP contribution in [0.2, 0.25) is 0 Å². The number of aromatic nitrogens is 2. The first-order valence-corrected chi connectivity index (χ1v) is 5.97. The van der Waals surface area contributed by atoms with Crippen molar-refractivity contribution in [3.05, 3.63) is 5.82 Å². The third-order valence-corrected chi connectivity index (χ3v) is 2.83. The van der Waals surface area contributed by atoms with Gasteiger partial charge < -0.3 is 5.32 Å². The molecule has 0 amide bonds. The first-order valence-electron chi connectivity index (χ1n) is 4.76. The van der Waals surface area contributed by atoms with E-state index in [1.54, 1.807) is 0 Å². The second-order valence-electron chi connectivity index (χ2n) is 3.75. The molecule has 1 rings (SSSR count). The number of hydrogen-bond donors (Lipinski definition) is 1. The van der Waals surface area contributed by atoms with Crippen molar-refractivity contribution in [3.63, 3.8) is 0 Å². The van der Waals surface area contributed by atoms with E-state index in [9.17, 15) is 0 Å². The fourth-order valence-corrected chi connectivity index (χ4v) is 2.18. The molecule has 0 saturated heterocycles. The van der Waals surface area contributed by atoms with Gasteiger partial charge in [-0.2, -0.15) is 4.37 Å². The van der Waals surface area contributed by atoms with Gasteiger partial charge in [-0.15, -0.1) is 11.6 Å². The zero-order chi connectivity index (χ0) is 10.6. The van der Waals surface area contributed by atoms with Crippen molar-refractivity contribution in [3.8, 4) is 0 Å². The van der Waals surface area contributed by atoms with Gasteiger partial charge in [-0.3, -0.25) is 0 Å². The van der Waals surface area contributed by atoms with Gasteiger partial charge in [0.15, 0.2) is 0 Å². The summed E-state index contributed by atoms with van der Waals surface area (Å²) >= 11 is 7.51. The minimum atomic E-state index is 0.166. The summed E-state index contributed by atoms with van der Waals surface area (Å²) in [6, 6.07) is 0. The van der Waals surface area contributed by atoms with Crippen LogP contribution in [0, 0.1) is 12.8 Å². The lowest BCUT2D eigenvalue weighted by molar-refractivity contribution is 0.572. The van der Waals surface area contributed by atoms with Crippen LogP contribution in [0.15, 0.2) is 0 Å². The highest BCUT2D eigenvalue weighted by Crippen LogP contribution is 2.14. The Labute approximate surface area is 94.1 Å². The van der Waals surface area contributed by atoms with Gasteiger partial charge in [0.25, 0.3) is 0 Å². The summed E-state index contributed by atoms with van der Waals surface area (Å²) in [6.07, 6.45) is 1.02. The van der Waals surface area contributed by atoms with Gasteiger partial charge in [0.2, 0.25) is 5.13 Å². The predicted molar refractivity (Wildman–Crippen MR) is 62.2 cm³/mol. The van der Waals surface area contributed by atoms with Crippen molar-refractivity contribution < 1.29 is 0 Å². The van der Waals surface area contributed by atoms with Gasteiger partial charge in [0, 0.05) is 18.1 Å². The Morgan fingerprint density at radius 1 is 1.50 bits per heavy atom. The Kier molecular flexibility index (Phi) is 4.62. The number of nitrogens with one attached hydrogen (secondary N) is 1. The van der Waals surface area contributed by atoms with Crippen LogP contribution < -0.4 is 5.32 Å². The highest BCUT2D eigenvalue weighted by molar-refractivity contribution is 7.09. The molecule has 0 aliphatic heterocycles. The number of nitrogens with zero attached hydrogens (tertiary/aromatic N) is 2. The molecule has 0 radical (unpaired) electrons. The number of anilines is 1. The molecule has 0 aliphatic rings. The number of halogens is 1. The fraction of sp³-hybridized carbons (Fsp3) is 0.778. The highest BCUT2D eigenvalue weighted by atomic mass is 35.5. The molecule has 1 N–H and O–H groups in total. The first kappa shape index (κ1) is 11.7. The van der Waals surface area contributed by atoms with Gasteiger partial charge >= 0.3 is 0 Å². The third-order valence-electron chi connectivity index (χ3n) is 1.73. The van der Waals surface area contributed by atoms with Crippen LogP contribution >= 0.6 is 23.1 Å². The van der Waals surface area contributed by atoms with Crippen molar-refractivity contribution in [1.82, 2.24) is 9.36 Å². The standard InChI is InChI=1S/C9H16ClN3S/c1-6(2)4-8(10)5-11-9-12-7(3)13-14-9/h6,8H,4-5H2,1-3H3,(H,11,12,13). The lowest BCUT2D eigenvalue weighted by Crippen LogP contribution is -2.16. The number of aryl methyl sites for hydroxylation is 1. The van der Waals surface area contributed by atoms with Crippen LogP contribution in [0.1, 0.15) is 26.1 Å². The van der Waals surface area contributed by atoms with Gasteiger partial charge in [-0.05, 0) is 19.3 Å². The number of hydrogen-bond acceptors (Lipinski definition) is 4. The van der Waals surface area contributed by atoms with Crippen molar-refractivity contribution in [2.75, 3.05) is 11.9 Å². The van der Waals surface area contributed by atoms with E-state index in [1.165, 1.54) is 11.5 Å². The molecule has 0 spiro atoms. The van der Waals surface area contributed by atoms with Crippen LogP contribution in [0.25, 0.3) is 0 Å². The maximum absolute atomic E-state index is 6.13. The van der Waals surface area contributed by atoms with Crippen molar-refractivity contribution in [2.45, 2.75) is 32.6 Å². The fourth-order valence-electron chi connectivity index (χ4n) is 1.16. The summed E-state index contributed by atoms with van der Waals surface area (Å²) in [4.78, 5) is 4.20. The summed E-state index contributed by atoms with van der Waals surface area (Å²) in [5.41, 5.74) is 0. The SMILES string of the molecule is Cc1nsc(NCC(Cl)CC(C)C)n1. The molecule has 1 atom stereocenters. The molecule has 3 nitrogen and oxygen atoms in total. The molecular formula is C9H16ClN3S. The molecule has 14 heavy (non-hydrogen) atoms. The molecule has 1 aromatic rings. The molecular weight excluding hydrogens is 218 g/mol. The molecule has 5 heteroatoms. The smallest absolute Gasteiger partial charge is 0.202 e. The first-order chi connectivity index (χ1) is 6.58. The molecule has 1 heterocycles. The van der Waals surface area contributed by atoms with Crippen LogP contribution in [-0.4, -0.2) is 21.3 Å². The van der Waals surface area contributed by atoms with E-state index in [4.69, 9.17) is 11.6 Å². The molecule has 1 unspecified atom stereocenters. The van der Waals surface area contributed by atoms with Crippen LogP contribution in [-0.2, 0) is 0 Å². The monoisotopic (exact) mass is 233 g/mol. The predicted octanol–water partition coefficient (Wildman–Crippen LogP) is 2.91. The molecule has 0 fully saturated rings. The Morgan fingerprint density at radius 2 is 2.21 bits per heavy atom. The van der Waals surface area contributed by atoms with Gasteiger partial charge in [0.05, 0.1) is 5.38 Å². The maximum atomic E-state index is 6.13. The molecule has 0 bridgehead atoms. The number of alkyl halides is 1. The van der Waals surface area contributed by atoms with Gasteiger partial charge in [0.1, 0.15) is 5.82 Å². The summed E-state index contributed by atoms with van der Waals surface area (Å²) in [6.45, 7) is 6.98. The lowest BCUT2D eigenvalue weighted by atomic mass is 10.1. The van der Waals surface area contributed by atoms with Crippen molar-refractivity contribution in [1.29, 1.82) is 0 Å². The zero-order valence-electron chi connectivity index (χ0n) is 8.75. The molecule has 80 valence electrons. The quantitative estimate of drug-likeness (QED) is 0.795. The van der Waals surface area contributed by atoms with E-state index in [0.29, 0.717) is 5.92 Å². The van der Waals surface area contributed by atoms with E-state index < -0.39 is 0 Å². The van der Waals surface area contributed by atoms with E-state index in [2.05, 4.69) is 28.5 Å². The highest BCUT2D eigenvalue weighted by Gasteiger charge is 2.08. The topological polar surface area (TPSA) is 37.8 Å². The van der Waals surface area contributed by atoms with E-state index >= 15 is 0 Å². The summed E-state index contributed by atoms with van der Waals surface area (Å²) in [7, 11) is 0. The van der Waals surface area contributed by atoms with Gasteiger partial charge in [-0.25, -0.2) is 4.98 Å². The third kappa shape index (κ3) is 4.24. The summed E-state index contributed by atoms with van der Waals surface area (Å²) in [5, 5.41) is 4.21. The van der Waals surface area contributed by atoms with Crippen LogP contribution in [0.4, 0.5) is 5.13 Å². The lowest BCUT2D eigenvalue weighted by Gasteiger charge is -2.11. The van der Waals surface area contributed by atoms with Crippen molar-refractivity contribution in [2.24, 2.45) is 5.92 Å². The maximum Gasteiger partial charge on any atom is 0.202 e. The minimum Gasteiger partial charge on any atom is -0.359 e. The summed E-state index contributed by atoms with van der Waals surface area (Å²) < 4.78 is 4.08. The Hall–Kier alpha value is -0.350. The Morgan fingerprint density at radius 3 is 2.71 bits per heavy atom. The average Bonchev–Trinajstić information content (AvgIpc) is 2.47. The van der Waals surface area contributed by atoms with Crippen molar-refractivity contribution >= 4 is 28.3 Å². The second-order valence-corrected chi connectivity index (χ2v) is 5.12. The Balaban J connectivity index is 2.26. The van der Waals surface area contributed by atoms with Gasteiger partial charge in [-0.1, -0.05) is 13.8 Å². The normalized spacial score (nSPS) is 13.2. The van der Waals surface area contributed by atoms with Crippen LogP contribution in [0.3, 0.4) is 0 Å². The van der Waals surface area contributed by atoms with Crippen LogP contribution in [0.5, 0.6) is 0 Å².